The first-order chi connectivity index (χ1) is 4.15. The van der Waals surface area contributed by atoms with Gasteiger partial charge in [-0.1, -0.05) is 0 Å². The third-order valence-electron chi connectivity index (χ3n) is 1.70. The first kappa shape index (κ1) is 6.81. The molecule has 0 atom stereocenters. The number of nitrogens with zero attached hydrogens (tertiary/aromatic N) is 1. The van der Waals surface area contributed by atoms with E-state index in [1.165, 1.54) is 0 Å². The highest BCUT2D eigenvalue weighted by Crippen LogP contribution is 2.35. The average molecular weight is 150 g/mol. The molecule has 0 radical (unpaired) electrons. The van der Waals surface area contributed by atoms with Crippen LogP contribution >= 0.6 is 11.6 Å². The highest BCUT2D eigenvalue weighted by molar-refractivity contribution is 6.22. The predicted octanol–water partition coefficient (Wildman–Crippen LogP) is 1.77. The molecule has 4 heteroatoms. The van der Waals surface area contributed by atoms with E-state index in [4.69, 9.17) is 11.6 Å². The summed E-state index contributed by atoms with van der Waals surface area (Å²) in [7, 11) is 0. The van der Waals surface area contributed by atoms with Gasteiger partial charge in [0.15, 0.2) is 0 Å². The summed E-state index contributed by atoms with van der Waals surface area (Å²) in [4.78, 5) is 8.71. The molecule has 0 saturated heterocycles. The number of halogens is 1. The van der Waals surface area contributed by atoms with Gasteiger partial charge in [0.05, 0.1) is 0 Å². The van der Waals surface area contributed by atoms with Crippen LogP contribution in [0.3, 0.4) is 0 Å². The molecule has 0 aromatic carbocycles. The maximum atomic E-state index is 10.2. The summed E-state index contributed by atoms with van der Waals surface area (Å²) < 4.78 is 0. The Morgan fingerprint density at radius 1 is 1.44 bits per heavy atom. The Bertz CT molecular complexity index is 131. The number of nitro groups is 1. The molecule has 0 N–H and O–H groups in total. The third kappa shape index (κ3) is 1.15. The Morgan fingerprint density at radius 3 is 2.11 bits per heavy atom. The Morgan fingerprint density at radius 2 is 1.89 bits per heavy atom. The molecular weight excluding hydrogens is 142 g/mol. The van der Waals surface area contributed by atoms with Crippen LogP contribution < -0.4 is 0 Å². The molecule has 0 aliphatic heterocycles. The second-order valence-electron chi connectivity index (χ2n) is 2.38. The van der Waals surface area contributed by atoms with Gasteiger partial charge in [0.2, 0.25) is 0 Å². The van der Waals surface area contributed by atoms with Crippen molar-refractivity contribution < 1.29 is 4.92 Å². The molecule has 52 valence electrons. The summed E-state index contributed by atoms with van der Waals surface area (Å²) in [6.07, 6.45) is 2.85. The molecule has 1 aliphatic rings. The summed E-state index contributed by atoms with van der Waals surface area (Å²) in [5.41, 5.74) is 0. The lowest BCUT2D eigenvalue weighted by Gasteiger charge is -2.08. The highest BCUT2D eigenvalue weighted by atomic mass is 35.5. The quantitative estimate of drug-likeness (QED) is 0.247. The maximum Gasteiger partial charge on any atom is 0.294 e. The van der Waals surface area contributed by atoms with E-state index >= 15 is 0 Å². The van der Waals surface area contributed by atoms with E-state index < -0.39 is 5.00 Å². The van der Waals surface area contributed by atoms with Crippen LogP contribution in [0.1, 0.15) is 25.7 Å². The van der Waals surface area contributed by atoms with Crippen molar-refractivity contribution in [1.82, 2.24) is 0 Å². The lowest BCUT2D eigenvalue weighted by molar-refractivity contribution is -0.540. The van der Waals surface area contributed by atoms with Crippen molar-refractivity contribution in [2.75, 3.05) is 0 Å². The van der Waals surface area contributed by atoms with Gasteiger partial charge in [-0.05, 0) is 24.4 Å². The monoisotopic (exact) mass is 149 g/mol. The Hall–Kier alpha value is -0.310. The molecule has 1 aliphatic carbocycles. The lowest BCUT2D eigenvalue weighted by Crippen LogP contribution is -2.27. The average Bonchev–Trinajstić information content (AvgIpc) is 2.16. The van der Waals surface area contributed by atoms with Gasteiger partial charge in [-0.3, -0.25) is 10.1 Å². The zero-order valence-electron chi connectivity index (χ0n) is 4.97. The van der Waals surface area contributed by atoms with Gasteiger partial charge in [-0.25, -0.2) is 0 Å². The molecule has 0 bridgehead atoms. The zero-order valence-corrected chi connectivity index (χ0v) is 5.73. The van der Waals surface area contributed by atoms with E-state index in [1.807, 2.05) is 0 Å². The van der Waals surface area contributed by atoms with Crippen LogP contribution in [0.15, 0.2) is 0 Å². The van der Waals surface area contributed by atoms with E-state index in [0.29, 0.717) is 12.8 Å². The van der Waals surface area contributed by atoms with Crippen LogP contribution in [-0.2, 0) is 0 Å². The first-order valence-electron chi connectivity index (χ1n) is 2.98. The van der Waals surface area contributed by atoms with Gasteiger partial charge in [0, 0.05) is 17.8 Å². The molecule has 1 fully saturated rings. The van der Waals surface area contributed by atoms with Crippen LogP contribution in [-0.4, -0.2) is 9.92 Å². The van der Waals surface area contributed by atoms with Gasteiger partial charge in [-0.2, -0.15) is 0 Å². The number of hydrogen-bond donors (Lipinski definition) is 0. The smallest absolute Gasteiger partial charge is 0.263 e. The van der Waals surface area contributed by atoms with E-state index in [9.17, 15) is 10.1 Å². The van der Waals surface area contributed by atoms with Crippen molar-refractivity contribution in [3.05, 3.63) is 10.1 Å². The van der Waals surface area contributed by atoms with Gasteiger partial charge in [0.1, 0.15) is 0 Å². The standard InChI is InChI=1S/C5H8ClNO2/c6-5(7(8)9)3-1-2-4-5/h1-4H2. The normalized spacial score (nSPS) is 24.1. The summed E-state index contributed by atoms with van der Waals surface area (Å²) in [5.74, 6) is 0. The number of hydrogen-bond acceptors (Lipinski definition) is 2. The summed E-state index contributed by atoms with van der Waals surface area (Å²) >= 11 is 5.61. The Balaban J connectivity index is 2.61. The fourth-order valence-electron chi connectivity index (χ4n) is 1.10. The SMILES string of the molecule is O=[N+]([O-])C1(Cl)CCCC1. The molecule has 3 nitrogen and oxygen atoms in total. The largest absolute Gasteiger partial charge is 0.294 e. The predicted molar refractivity (Wildman–Crippen MR) is 34.0 cm³/mol. The summed E-state index contributed by atoms with van der Waals surface area (Å²) in [6, 6.07) is 0. The molecule has 1 saturated carbocycles. The van der Waals surface area contributed by atoms with Crippen LogP contribution in [0, 0.1) is 10.1 Å². The molecule has 0 heterocycles. The maximum absolute atomic E-state index is 10.2. The van der Waals surface area contributed by atoms with E-state index in [0.717, 1.165) is 12.8 Å². The van der Waals surface area contributed by atoms with Gasteiger partial charge >= 0.3 is 0 Å². The van der Waals surface area contributed by atoms with Gasteiger partial charge in [0.25, 0.3) is 5.00 Å². The fraction of sp³-hybridized carbons (Fsp3) is 1.00. The highest BCUT2D eigenvalue weighted by Gasteiger charge is 2.43. The van der Waals surface area contributed by atoms with E-state index in [-0.39, 0.29) is 4.92 Å². The van der Waals surface area contributed by atoms with Crippen molar-refractivity contribution in [2.24, 2.45) is 0 Å². The molecule has 0 aromatic heterocycles. The molecule has 0 spiro atoms. The van der Waals surface area contributed by atoms with Gasteiger partial charge < -0.3 is 0 Å². The summed E-state index contributed by atoms with van der Waals surface area (Å²) in [5, 5.41) is 10.2. The van der Waals surface area contributed by atoms with Crippen LogP contribution in [0.4, 0.5) is 0 Å². The minimum absolute atomic E-state index is 0.373. The fourth-order valence-corrected chi connectivity index (χ4v) is 1.37. The molecule has 1 rings (SSSR count). The number of alkyl halides is 1. The molecule has 0 aromatic rings. The van der Waals surface area contributed by atoms with Gasteiger partial charge in [-0.15, -0.1) is 0 Å². The third-order valence-corrected chi connectivity index (χ3v) is 2.21. The second-order valence-corrected chi connectivity index (χ2v) is 3.09. The molecule has 0 unspecified atom stereocenters. The molecule has 0 amide bonds. The second kappa shape index (κ2) is 2.14. The molecular formula is C5H8ClNO2. The van der Waals surface area contributed by atoms with Crippen molar-refractivity contribution in [3.8, 4) is 0 Å². The minimum atomic E-state index is -1.11. The minimum Gasteiger partial charge on any atom is -0.263 e. The van der Waals surface area contributed by atoms with Crippen molar-refractivity contribution in [3.63, 3.8) is 0 Å². The molecule has 9 heavy (non-hydrogen) atoms. The van der Waals surface area contributed by atoms with Crippen LogP contribution in [0.5, 0.6) is 0 Å². The zero-order chi connectivity index (χ0) is 6.91. The van der Waals surface area contributed by atoms with Crippen LogP contribution in [0.2, 0.25) is 0 Å². The number of rotatable bonds is 1. The van der Waals surface area contributed by atoms with E-state index in [1.54, 1.807) is 0 Å². The Kier molecular flexibility index (Phi) is 1.62. The van der Waals surface area contributed by atoms with Crippen molar-refractivity contribution in [2.45, 2.75) is 30.7 Å². The van der Waals surface area contributed by atoms with E-state index in [2.05, 4.69) is 0 Å². The lowest BCUT2D eigenvalue weighted by atomic mass is 10.3. The summed E-state index contributed by atoms with van der Waals surface area (Å²) in [6.45, 7) is 0. The topological polar surface area (TPSA) is 43.1 Å². The first-order valence-corrected chi connectivity index (χ1v) is 3.36. The Labute approximate surface area is 58.1 Å². The van der Waals surface area contributed by atoms with Crippen molar-refractivity contribution >= 4 is 11.6 Å². The van der Waals surface area contributed by atoms with Crippen LogP contribution in [0.25, 0.3) is 0 Å². The van der Waals surface area contributed by atoms with Crippen molar-refractivity contribution in [1.29, 1.82) is 0 Å².